The molecule has 0 radical (unpaired) electrons. The summed E-state index contributed by atoms with van der Waals surface area (Å²) in [7, 11) is 0. The highest BCUT2D eigenvalue weighted by atomic mass is 14.6. The molecule has 0 aromatic heterocycles. The smallest absolute Gasteiger partial charge is 0.0135 e. The molecule has 0 aliphatic heterocycles. The van der Waals surface area contributed by atoms with Gasteiger partial charge in [0.15, 0.2) is 0 Å². The molecule has 0 N–H and O–H groups in total. The van der Waals surface area contributed by atoms with Gasteiger partial charge in [0.2, 0.25) is 0 Å². The molecule has 0 aromatic carbocycles. The van der Waals surface area contributed by atoms with Gasteiger partial charge in [0.05, 0.1) is 0 Å². The largest absolute Gasteiger partial charge is 0.0996 e. The van der Waals surface area contributed by atoms with Crippen molar-refractivity contribution in [2.75, 3.05) is 0 Å². The van der Waals surface area contributed by atoms with E-state index in [1.165, 1.54) is 51.4 Å². The van der Waals surface area contributed by atoms with E-state index < -0.39 is 0 Å². The zero-order chi connectivity index (χ0) is 17.9. The summed E-state index contributed by atoms with van der Waals surface area (Å²) in [6.45, 7) is 17.2. The molecule has 25 heavy (non-hydrogen) atoms. The van der Waals surface area contributed by atoms with Gasteiger partial charge < -0.3 is 0 Å². The van der Waals surface area contributed by atoms with E-state index in [2.05, 4.69) is 41.2 Å². The fourth-order valence-corrected chi connectivity index (χ4v) is 7.73. The van der Waals surface area contributed by atoms with Crippen LogP contribution < -0.4 is 0 Å². The fraction of sp³-hybridized carbons (Fsp3) is 0.840. The maximum absolute atomic E-state index is 4.65. The van der Waals surface area contributed by atoms with Gasteiger partial charge in [-0.3, -0.25) is 0 Å². The van der Waals surface area contributed by atoms with Crippen LogP contribution in [0.5, 0.6) is 0 Å². The summed E-state index contributed by atoms with van der Waals surface area (Å²) in [6, 6.07) is 0. The first kappa shape index (κ1) is 17.9. The van der Waals surface area contributed by atoms with Crippen molar-refractivity contribution in [3.05, 3.63) is 23.3 Å². The number of allylic oxidation sites excluding steroid dienone is 3. The van der Waals surface area contributed by atoms with Crippen LogP contribution in [0.4, 0.5) is 0 Å². The summed E-state index contributed by atoms with van der Waals surface area (Å²) in [5.74, 6) is 6.12. The molecule has 7 atom stereocenters. The number of rotatable bonds is 1. The molecule has 4 rings (SSSR count). The van der Waals surface area contributed by atoms with E-state index in [9.17, 15) is 0 Å². The second-order valence-electron chi connectivity index (χ2n) is 10.9. The number of hydrogen-bond acceptors (Lipinski definition) is 0. The molecule has 140 valence electrons. The molecule has 4 aliphatic carbocycles. The van der Waals surface area contributed by atoms with Crippen LogP contribution >= 0.6 is 0 Å². The zero-order valence-corrected chi connectivity index (χ0v) is 17.4. The second-order valence-corrected chi connectivity index (χ2v) is 10.9. The van der Waals surface area contributed by atoms with E-state index in [0.29, 0.717) is 5.41 Å². The maximum atomic E-state index is 4.65. The van der Waals surface area contributed by atoms with E-state index in [1.54, 1.807) is 5.57 Å². The van der Waals surface area contributed by atoms with Gasteiger partial charge in [-0.1, -0.05) is 51.0 Å². The molecule has 0 nitrogen and oxygen atoms in total. The minimum Gasteiger partial charge on any atom is -0.0996 e. The van der Waals surface area contributed by atoms with Gasteiger partial charge in [-0.25, -0.2) is 0 Å². The Labute approximate surface area is 156 Å². The Morgan fingerprint density at radius 3 is 2.52 bits per heavy atom. The monoisotopic (exact) mass is 340 g/mol. The lowest BCUT2D eigenvalue weighted by molar-refractivity contribution is 0.0511. The Kier molecular flexibility index (Phi) is 4.49. The van der Waals surface area contributed by atoms with Crippen molar-refractivity contribution in [3.63, 3.8) is 0 Å². The molecule has 0 bridgehead atoms. The van der Waals surface area contributed by atoms with Crippen LogP contribution in [0.1, 0.15) is 86.0 Å². The minimum atomic E-state index is 0.589. The Morgan fingerprint density at radius 2 is 1.80 bits per heavy atom. The molecule has 0 heterocycles. The second kappa shape index (κ2) is 6.28. The van der Waals surface area contributed by atoms with Crippen molar-refractivity contribution in [1.29, 1.82) is 0 Å². The van der Waals surface area contributed by atoms with Gasteiger partial charge in [-0.15, -0.1) is 0 Å². The topological polar surface area (TPSA) is 0 Å². The molecule has 0 saturated heterocycles. The average molecular weight is 341 g/mol. The average Bonchev–Trinajstić information content (AvgIpc) is 3.09. The molecule has 4 aliphatic rings. The molecule has 3 saturated carbocycles. The summed E-state index contributed by atoms with van der Waals surface area (Å²) < 4.78 is 0. The first-order valence-electron chi connectivity index (χ1n) is 11.2. The zero-order valence-electron chi connectivity index (χ0n) is 17.4. The van der Waals surface area contributed by atoms with E-state index >= 15 is 0 Å². The fourth-order valence-electron chi connectivity index (χ4n) is 7.73. The third-order valence-electron chi connectivity index (χ3n) is 9.36. The van der Waals surface area contributed by atoms with Crippen LogP contribution in [0.2, 0.25) is 0 Å². The molecule has 0 aromatic rings. The Balaban J connectivity index is 1.71. The van der Waals surface area contributed by atoms with E-state index in [0.717, 1.165) is 41.4 Å². The van der Waals surface area contributed by atoms with Crippen LogP contribution in [0.25, 0.3) is 0 Å². The normalized spacial score (nSPS) is 50.2. The molecule has 0 spiro atoms. The lowest BCUT2D eigenvalue weighted by Crippen LogP contribution is -2.41. The van der Waals surface area contributed by atoms with Gasteiger partial charge in [-0.2, -0.15) is 0 Å². The third-order valence-corrected chi connectivity index (χ3v) is 9.36. The summed E-state index contributed by atoms with van der Waals surface area (Å²) in [6.07, 6.45) is 11.3. The third kappa shape index (κ3) is 2.78. The highest BCUT2D eigenvalue weighted by Crippen LogP contribution is 2.62. The summed E-state index contributed by atoms with van der Waals surface area (Å²) >= 11 is 0. The standard InChI is InChI=1S/C25H40/c1-15(2)19-11-12-25(6)14-23-17(4)7-9-20-16(3)8-10-21(20)18(5)22(23)13-24(19)25/h15-16,19-20,22-24H,4,7-14H2,1-3,5-6H3/b21-18-/t16-,19-,20-,22+,23+,24-,25+/m0/s1. The van der Waals surface area contributed by atoms with Gasteiger partial charge >= 0.3 is 0 Å². The van der Waals surface area contributed by atoms with E-state index in [-0.39, 0.29) is 0 Å². The predicted molar refractivity (Wildman–Crippen MR) is 108 cm³/mol. The van der Waals surface area contributed by atoms with Crippen LogP contribution in [-0.4, -0.2) is 0 Å². The highest BCUT2D eigenvalue weighted by Gasteiger charge is 2.53. The van der Waals surface area contributed by atoms with Crippen molar-refractivity contribution >= 4 is 0 Å². The number of hydrogen-bond donors (Lipinski definition) is 0. The van der Waals surface area contributed by atoms with Gasteiger partial charge in [0.25, 0.3) is 0 Å². The molecular formula is C25H40. The van der Waals surface area contributed by atoms with Crippen LogP contribution in [-0.2, 0) is 0 Å². The van der Waals surface area contributed by atoms with Gasteiger partial charge in [0.1, 0.15) is 0 Å². The van der Waals surface area contributed by atoms with E-state index in [1.807, 2.05) is 11.1 Å². The van der Waals surface area contributed by atoms with Crippen molar-refractivity contribution in [2.24, 2.45) is 46.8 Å². The predicted octanol–water partition coefficient (Wildman–Crippen LogP) is 7.41. The minimum absolute atomic E-state index is 0.589. The maximum Gasteiger partial charge on any atom is -0.0135 e. The van der Waals surface area contributed by atoms with Gasteiger partial charge in [-0.05, 0) is 105 Å². The molecular weight excluding hydrogens is 300 g/mol. The van der Waals surface area contributed by atoms with Crippen molar-refractivity contribution in [3.8, 4) is 0 Å². The quantitative estimate of drug-likeness (QED) is 0.436. The van der Waals surface area contributed by atoms with Crippen LogP contribution in [0.3, 0.4) is 0 Å². The molecule has 0 heteroatoms. The lowest BCUT2D eigenvalue weighted by Gasteiger charge is -2.49. The SMILES string of the molecule is C=C1CC[C@@H]2/C(=C(/C)[C@H]3C[C@H]4[C@H](C(C)C)CC[C@]4(C)C[C@H]13)CC[C@@H]2C. The Morgan fingerprint density at radius 1 is 1.04 bits per heavy atom. The summed E-state index contributed by atoms with van der Waals surface area (Å²) in [4.78, 5) is 0. The first-order chi connectivity index (χ1) is 11.8. The summed E-state index contributed by atoms with van der Waals surface area (Å²) in [5.41, 5.74) is 5.90. The molecule has 3 fully saturated rings. The van der Waals surface area contributed by atoms with Crippen molar-refractivity contribution in [2.45, 2.75) is 86.0 Å². The van der Waals surface area contributed by atoms with E-state index in [4.69, 9.17) is 0 Å². The number of fused-ring (bicyclic) bond motifs is 3. The molecule has 0 amide bonds. The highest BCUT2D eigenvalue weighted by molar-refractivity contribution is 5.29. The summed E-state index contributed by atoms with van der Waals surface area (Å²) in [5, 5.41) is 0. The van der Waals surface area contributed by atoms with Crippen molar-refractivity contribution < 1.29 is 0 Å². The first-order valence-corrected chi connectivity index (χ1v) is 11.2. The van der Waals surface area contributed by atoms with Crippen LogP contribution in [0.15, 0.2) is 23.3 Å². The Bertz CT molecular complexity index is 579. The van der Waals surface area contributed by atoms with Gasteiger partial charge in [0, 0.05) is 0 Å². The molecule has 0 unspecified atom stereocenters. The van der Waals surface area contributed by atoms with Crippen molar-refractivity contribution in [1.82, 2.24) is 0 Å². The van der Waals surface area contributed by atoms with Crippen LogP contribution in [0, 0.1) is 46.8 Å². The lowest BCUT2D eigenvalue weighted by atomic mass is 9.55. The Hall–Kier alpha value is -0.520.